The standard InChI is InChI=1S/C11H13NO3S/c1-16-10-5-3-2-4-9(10)12-6-8(7-13)15-11(12)14/h2-5,8,13H,6-7H2,1H3. The second-order valence-electron chi connectivity index (χ2n) is 3.47. The summed E-state index contributed by atoms with van der Waals surface area (Å²) in [5, 5.41) is 8.97. The summed E-state index contributed by atoms with van der Waals surface area (Å²) in [7, 11) is 0. The van der Waals surface area contributed by atoms with Crippen molar-refractivity contribution in [1.29, 1.82) is 0 Å². The highest BCUT2D eigenvalue weighted by Crippen LogP contribution is 2.31. The van der Waals surface area contributed by atoms with E-state index in [1.807, 2.05) is 30.5 Å². The lowest BCUT2D eigenvalue weighted by Crippen LogP contribution is -2.25. The van der Waals surface area contributed by atoms with E-state index in [9.17, 15) is 4.79 Å². The highest BCUT2D eigenvalue weighted by molar-refractivity contribution is 7.98. The van der Waals surface area contributed by atoms with Crippen LogP contribution < -0.4 is 4.90 Å². The van der Waals surface area contributed by atoms with Gasteiger partial charge in [-0.2, -0.15) is 0 Å². The van der Waals surface area contributed by atoms with Gasteiger partial charge in [-0.05, 0) is 18.4 Å². The third-order valence-corrected chi connectivity index (χ3v) is 3.24. The van der Waals surface area contributed by atoms with Crippen LogP contribution in [0.1, 0.15) is 0 Å². The smallest absolute Gasteiger partial charge is 0.414 e. The van der Waals surface area contributed by atoms with Crippen molar-refractivity contribution in [3.63, 3.8) is 0 Å². The zero-order chi connectivity index (χ0) is 11.5. The molecule has 1 unspecified atom stereocenters. The van der Waals surface area contributed by atoms with Crippen LogP contribution in [0.15, 0.2) is 29.2 Å². The quantitative estimate of drug-likeness (QED) is 0.816. The molecule has 0 radical (unpaired) electrons. The molecule has 2 rings (SSSR count). The maximum Gasteiger partial charge on any atom is 0.414 e. The Kier molecular flexibility index (Phi) is 3.36. The highest BCUT2D eigenvalue weighted by atomic mass is 32.2. The third kappa shape index (κ3) is 2.01. The van der Waals surface area contributed by atoms with Crippen molar-refractivity contribution < 1.29 is 14.6 Å². The molecule has 1 fully saturated rings. The molecule has 5 heteroatoms. The van der Waals surface area contributed by atoms with Crippen molar-refractivity contribution in [3.05, 3.63) is 24.3 Å². The van der Waals surface area contributed by atoms with Crippen LogP contribution in [0.2, 0.25) is 0 Å². The van der Waals surface area contributed by atoms with Crippen LogP contribution in [0.5, 0.6) is 0 Å². The molecule has 0 aliphatic carbocycles. The molecule has 1 saturated heterocycles. The fourth-order valence-corrected chi connectivity index (χ4v) is 2.27. The minimum absolute atomic E-state index is 0.135. The fraction of sp³-hybridized carbons (Fsp3) is 0.364. The van der Waals surface area contributed by atoms with Crippen LogP contribution in [-0.4, -0.2) is 36.7 Å². The maximum absolute atomic E-state index is 11.6. The topological polar surface area (TPSA) is 49.8 Å². The molecule has 1 atom stereocenters. The van der Waals surface area contributed by atoms with Gasteiger partial charge in [-0.1, -0.05) is 12.1 Å². The predicted octanol–water partition coefficient (Wildman–Crippen LogP) is 1.73. The molecule has 1 aliphatic heterocycles. The predicted molar refractivity (Wildman–Crippen MR) is 62.9 cm³/mol. The van der Waals surface area contributed by atoms with E-state index in [4.69, 9.17) is 9.84 Å². The molecule has 0 spiro atoms. The number of hydrogen-bond donors (Lipinski definition) is 1. The van der Waals surface area contributed by atoms with Crippen molar-refractivity contribution >= 4 is 23.5 Å². The van der Waals surface area contributed by atoms with Gasteiger partial charge in [-0.3, -0.25) is 4.90 Å². The van der Waals surface area contributed by atoms with Gasteiger partial charge in [0.25, 0.3) is 0 Å². The number of benzene rings is 1. The third-order valence-electron chi connectivity index (χ3n) is 2.45. The molecule has 0 aromatic heterocycles. The van der Waals surface area contributed by atoms with Gasteiger partial charge >= 0.3 is 6.09 Å². The molecule has 4 nitrogen and oxygen atoms in total. The Balaban J connectivity index is 2.27. The lowest BCUT2D eigenvalue weighted by Gasteiger charge is -2.15. The van der Waals surface area contributed by atoms with Crippen molar-refractivity contribution in [2.45, 2.75) is 11.0 Å². The van der Waals surface area contributed by atoms with Gasteiger partial charge in [0.05, 0.1) is 18.8 Å². The minimum Gasteiger partial charge on any atom is -0.441 e. The molecule has 16 heavy (non-hydrogen) atoms. The molecular weight excluding hydrogens is 226 g/mol. The summed E-state index contributed by atoms with van der Waals surface area (Å²) in [6.45, 7) is 0.274. The van der Waals surface area contributed by atoms with Crippen LogP contribution in [0, 0.1) is 0 Å². The molecule has 1 aliphatic rings. The number of para-hydroxylation sites is 1. The van der Waals surface area contributed by atoms with Gasteiger partial charge in [-0.15, -0.1) is 11.8 Å². The molecule has 1 aromatic carbocycles. The van der Waals surface area contributed by atoms with Crippen LogP contribution in [-0.2, 0) is 4.74 Å². The van der Waals surface area contributed by atoms with Gasteiger partial charge in [0.1, 0.15) is 6.10 Å². The first-order valence-electron chi connectivity index (χ1n) is 4.98. The molecule has 0 bridgehead atoms. The average Bonchev–Trinajstić information content (AvgIpc) is 2.70. The summed E-state index contributed by atoms with van der Waals surface area (Å²) in [5.74, 6) is 0. The first-order valence-corrected chi connectivity index (χ1v) is 6.20. The maximum atomic E-state index is 11.6. The zero-order valence-electron chi connectivity index (χ0n) is 8.92. The number of thioether (sulfide) groups is 1. The lowest BCUT2D eigenvalue weighted by atomic mass is 10.3. The van der Waals surface area contributed by atoms with Crippen LogP contribution >= 0.6 is 11.8 Å². The van der Waals surface area contributed by atoms with E-state index in [0.717, 1.165) is 10.6 Å². The Morgan fingerprint density at radius 2 is 2.31 bits per heavy atom. The van der Waals surface area contributed by atoms with Crippen molar-refractivity contribution in [2.75, 3.05) is 24.3 Å². The van der Waals surface area contributed by atoms with Crippen LogP contribution in [0.4, 0.5) is 10.5 Å². The van der Waals surface area contributed by atoms with E-state index in [1.165, 1.54) is 0 Å². The number of aliphatic hydroxyl groups is 1. The van der Waals surface area contributed by atoms with Gasteiger partial charge in [-0.25, -0.2) is 4.79 Å². The molecule has 1 heterocycles. The van der Waals surface area contributed by atoms with Gasteiger partial charge < -0.3 is 9.84 Å². The van der Waals surface area contributed by atoms with Gasteiger partial charge in [0.2, 0.25) is 0 Å². The second-order valence-corrected chi connectivity index (χ2v) is 4.32. The van der Waals surface area contributed by atoms with E-state index >= 15 is 0 Å². The summed E-state index contributed by atoms with van der Waals surface area (Å²) in [4.78, 5) is 14.2. The Labute approximate surface area is 98.2 Å². The number of amides is 1. The summed E-state index contributed by atoms with van der Waals surface area (Å²) in [5.41, 5.74) is 0.843. The fourth-order valence-electron chi connectivity index (χ4n) is 1.67. The number of aliphatic hydroxyl groups excluding tert-OH is 1. The van der Waals surface area contributed by atoms with Crippen molar-refractivity contribution in [3.8, 4) is 0 Å². The van der Waals surface area contributed by atoms with E-state index in [2.05, 4.69) is 0 Å². The largest absolute Gasteiger partial charge is 0.441 e. The van der Waals surface area contributed by atoms with E-state index in [0.29, 0.717) is 6.54 Å². The van der Waals surface area contributed by atoms with Crippen molar-refractivity contribution in [1.82, 2.24) is 0 Å². The number of anilines is 1. The average molecular weight is 239 g/mol. The summed E-state index contributed by atoms with van der Waals surface area (Å²) >= 11 is 1.58. The first-order chi connectivity index (χ1) is 7.76. The number of hydrogen-bond acceptors (Lipinski definition) is 4. The molecule has 1 N–H and O–H groups in total. The number of rotatable bonds is 3. The number of ether oxygens (including phenoxy) is 1. The van der Waals surface area contributed by atoms with Crippen LogP contribution in [0.3, 0.4) is 0 Å². The number of carbonyl (C=O) groups excluding carboxylic acids is 1. The Bertz CT molecular complexity index is 397. The monoisotopic (exact) mass is 239 g/mol. The second kappa shape index (κ2) is 4.76. The molecular formula is C11H13NO3S. The Morgan fingerprint density at radius 3 is 2.94 bits per heavy atom. The molecule has 0 saturated carbocycles. The molecule has 86 valence electrons. The summed E-state index contributed by atoms with van der Waals surface area (Å²) in [6, 6.07) is 7.65. The number of carbonyl (C=O) groups is 1. The van der Waals surface area contributed by atoms with Crippen molar-refractivity contribution in [2.24, 2.45) is 0 Å². The SMILES string of the molecule is CSc1ccccc1N1CC(CO)OC1=O. The summed E-state index contributed by atoms with van der Waals surface area (Å²) < 4.78 is 5.00. The normalized spacial score (nSPS) is 20.0. The van der Waals surface area contributed by atoms with Gasteiger partial charge in [0.15, 0.2) is 0 Å². The zero-order valence-corrected chi connectivity index (χ0v) is 9.74. The molecule has 1 amide bonds. The summed E-state index contributed by atoms with van der Waals surface area (Å²) in [6.07, 6.45) is 1.16. The first kappa shape index (κ1) is 11.3. The lowest BCUT2D eigenvalue weighted by molar-refractivity contribution is 0.0963. The minimum atomic E-state index is -0.414. The van der Waals surface area contributed by atoms with Crippen LogP contribution in [0.25, 0.3) is 0 Å². The van der Waals surface area contributed by atoms with Gasteiger partial charge in [0, 0.05) is 4.90 Å². The van der Waals surface area contributed by atoms with E-state index < -0.39 is 6.10 Å². The number of cyclic esters (lactones) is 1. The van der Waals surface area contributed by atoms with E-state index in [1.54, 1.807) is 16.7 Å². The Hall–Kier alpha value is -1.20. The molecule has 1 aromatic rings. The Morgan fingerprint density at radius 1 is 1.56 bits per heavy atom. The number of nitrogens with zero attached hydrogens (tertiary/aromatic N) is 1. The highest BCUT2D eigenvalue weighted by Gasteiger charge is 2.32. The van der Waals surface area contributed by atoms with E-state index in [-0.39, 0.29) is 12.7 Å².